The number of hydrogen-bond donors (Lipinski definition) is 1. The fraction of sp³-hybridized carbons (Fsp3) is 0.333. The summed E-state index contributed by atoms with van der Waals surface area (Å²) in [6.07, 6.45) is 0.666. The molecule has 0 aromatic heterocycles. The molecule has 1 heterocycles. The number of hydrogen-bond acceptors (Lipinski definition) is 5. The molecule has 7 nitrogen and oxygen atoms in total. The summed E-state index contributed by atoms with van der Waals surface area (Å²) < 4.78 is 31.1. The van der Waals surface area contributed by atoms with Gasteiger partial charge in [-0.15, -0.1) is 0 Å². The second kappa shape index (κ2) is 8.24. The monoisotopic (exact) mass is 416 g/mol. The zero-order valence-corrected chi connectivity index (χ0v) is 17.4. The van der Waals surface area contributed by atoms with Gasteiger partial charge in [0.15, 0.2) is 0 Å². The molecule has 0 saturated heterocycles. The van der Waals surface area contributed by atoms with Gasteiger partial charge in [-0.1, -0.05) is 38.1 Å². The van der Waals surface area contributed by atoms with E-state index in [1.807, 2.05) is 26.0 Å². The van der Waals surface area contributed by atoms with Crippen molar-refractivity contribution in [1.29, 1.82) is 0 Å². The molecule has 2 amide bonds. The summed E-state index contributed by atoms with van der Waals surface area (Å²) in [5.41, 5.74) is 0.973. The number of benzene rings is 2. The first-order chi connectivity index (χ1) is 13.7. The van der Waals surface area contributed by atoms with E-state index in [9.17, 15) is 18.0 Å². The average Bonchev–Trinajstić information content (AvgIpc) is 2.88. The van der Waals surface area contributed by atoms with Gasteiger partial charge in [0, 0.05) is 0 Å². The lowest BCUT2D eigenvalue weighted by molar-refractivity contribution is -0.121. The minimum Gasteiger partial charge on any atom is -0.497 e. The standard InChI is InChI=1S/C21H24N2O5S/c1-14(2)12-18(15-8-10-16(28-3)11-9-15)22-20(24)13-23-21(25)17-6-4-5-7-19(17)29(23,26)27/h4-11,14,18H,12-13H2,1-3H3,(H,22,24)/t18-/m1/s1. The molecule has 154 valence electrons. The van der Waals surface area contributed by atoms with Crippen molar-refractivity contribution >= 4 is 21.8 Å². The molecule has 1 aliphatic rings. The van der Waals surface area contributed by atoms with Crippen molar-refractivity contribution in [2.45, 2.75) is 31.2 Å². The van der Waals surface area contributed by atoms with Gasteiger partial charge in [-0.25, -0.2) is 12.7 Å². The molecule has 0 fully saturated rings. The van der Waals surface area contributed by atoms with Crippen LogP contribution in [0, 0.1) is 5.92 Å². The van der Waals surface area contributed by atoms with Crippen LogP contribution in [0.4, 0.5) is 0 Å². The third kappa shape index (κ3) is 4.27. The average molecular weight is 416 g/mol. The number of sulfonamides is 1. The molecule has 0 aliphatic carbocycles. The molecule has 2 aromatic carbocycles. The number of amides is 2. The maximum Gasteiger partial charge on any atom is 0.269 e. The summed E-state index contributed by atoms with van der Waals surface area (Å²) in [5.74, 6) is -0.212. The van der Waals surface area contributed by atoms with Crippen molar-refractivity contribution in [2.75, 3.05) is 13.7 Å². The number of carbonyl (C=O) groups excluding carboxylic acids is 2. The predicted octanol–water partition coefficient (Wildman–Crippen LogP) is 2.74. The maximum absolute atomic E-state index is 12.7. The Balaban J connectivity index is 1.77. The smallest absolute Gasteiger partial charge is 0.269 e. The molecule has 8 heteroatoms. The normalized spacial score (nSPS) is 15.9. The minimum absolute atomic E-state index is 0.0633. The van der Waals surface area contributed by atoms with Gasteiger partial charge in [0.1, 0.15) is 17.2 Å². The summed E-state index contributed by atoms with van der Waals surface area (Å²) >= 11 is 0. The Morgan fingerprint density at radius 3 is 2.34 bits per heavy atom. The van der Waals surface area contributed by atoms with E-state index in [0.29, 0.717) is 22.4 Å². The van der Waals surface area contributed by atoms with E-state index in [-0.39, 0.29) is 16.5 Å². The minimum atomic E-state index is -4.02. The Morgan fingerprint density at radius 1 is 1.10 bits per heavy atom. The van der Waals surface area contributed by atoms with Crippen LogP contribution in [0.5, 0.6) is 5.75 Å². The Bertz CT molecular complexity index is 1020. The molecule has 0 unspecified atom stereocenters. The highest BCUT2D eigenvalue weighted by atomic mass is 32.2. The quantitative estimate of drug-likeness (QED) is 0.749. The summed E-state index contributed by atoms with van der Waals surface area (Å²) in [6, 6.07) is 13.0. The van der Waals surface area contributed by atoms with Gasteiger partial charge in [-0.05, 0) is 42.2 Å². The van der Waals surface area contributed by atoms with Crippen molar-refractivity contribution in [3.05, 3.63) is 59.7 Å². The van der Waals surface area contributed by atoms with E-state index in [4.69, 9.17) is 4.74 Å². The van der Waals surface area contributed by atoms with Gasteiger partial charge in [-0.3, -0.25) is 9.59 Å². The van der Waals surface area contributed by atoms with Gasteiger partial charge >= 0.3 is 0 Å². The Hall–Kier alpha value is -2.87. The van der Waals surface area contributed by atoms with Crippen molar-refractivity contribution in [2.24, 2.45) is 5.92 Å². The van der Waals surface area contributed by atoms with Crippen LogP contribution < -0.4 is 10.1 Å². The van der Waals surface area contributed by atoms with E-state index in [1.54, 1.807) is 31.4 Å². The van der Waals surface area contributed by atoms with Gasteiger partial charge in [-0.2, -0.15) is 0 Å². The molecule has 2 aromatic rings. The van der Waals surface area contributed by atoms with Crippen molar-refractivity contribution < 1.29 is 22.7 Å². The molecular formula is C21H24N2O5S. The van der Waals surface area contributed by atoms with Crippen LogP contribution in [-0.2, 0) is 14.8 Å². The first-order valence-electron chi connectivity index (χ1n) is 9.33. The third-order valence-corrected chi connectivity index (χ3v) is 6.55. The van der Waals surface area contributed by atoms with Crippen LogP contribution in [-0.4, -0.2) is 38.2 Å². The Morgan fingerprint density at radius 2 is 1.76 bits per heavy atom. The highest BCUT2D eigenvalue weighted by molar-refractivity contribution is 7.90. The predicted molar refractivity (Wildman–Crippen MR) is 108 cm³/mol. The van der Waals surface area contributed by atoms with Gasteiger partial charge in [0.05, 0.1) is 18.7 Å². The van der Waals surface area contributed by atoms with Crippen LogP contribution in [0.3, 0.4) is 0 Å². The van der Waals surface area contributed by atoms with Crippen LogP contribution in [0.2, 0.25) is 0 Å². The molecule has 0 radical (unpaired) electrons. The van der Waals surface area contributed by atoms with Crippen molar-refractivity contribution in [3.63, 3.8) is 0 Å². The van der Waals surface area contributed by atoms with E-state index in [0.717, 1.165) is 5.56 Å². The molecule has 1 atom stereocenters. The fourth-order valence-corrected chi connectivity index (χ4v) is 4.87. The lowest BCUT2D eigenvalue weighted by Crippen LogP contribution is -2.41. The van der Waals surface area contributed by atoms with E-state index < -0.39 is 28.4 Å². The van der Waals surface area contributed by atoms with Crippen LogP contribution in [0.15, 0.2) is 53.4 Å². The van der Waals surface area contributed by atoms with Crippen LogP contribution in [0.1, 0.15) is 42.2 Å². The highest BCUT2D eigenvalue weighted by Crippen LogP contribution is 2.30. The summed E-state index contributed by atoms with van der Waals surface area (Å²) in [6.45, 7) is 3.52. The number of nitrogens with one attached hydrogen (secondary N) is 1. The number of methoxy groups -OCH3 is 1. The van der Waals surface area contributed by atoms with Gasteiger partial charge < -0.3 is 10.1 Å². The molecule has 0 saturated carbocycles. The van der Waals surface area contributed by atoms with Gasteiger partial charge in [0.2, 0.25) is 5.91 Å². The zero-order valence-electron chi connectivity index (χ0n) is 16.6. The summed E-state index contributed by atoms with van der Waals surface area (Å²) in [4.78, 5) is 25.1. The molecule has 1 N–H and O–H groups in total. The molecule has 1 aliphatic heterocycles. The number of carbonyl (C=O) groups is 2. The number of fused-ring (bicyclic) bond motifs is 1. The van der Waals surface area contributed by atoms with Gasteiger partial charge in [0.25, 0.3) is 15.9 Å². The second-order valence-electron chi connectivity index (χ2n) is 7.34. The zero-order chi connectivity index (χ0) is 21.2. The largest absolute Gasteiger partial charge is 0.497 e. The summed E-state index contributed by atoms with van der Waals surface area (Å²) in [7, 11) is -2.44. The van der Waals surface area contributed by atoms with Crippen molar-refractivity contribution in [1.82, 2.24) is 9.62 Å². The fourth-order valence-electron chi connectivity index (χ4n) is 3.34. The van der Waals surface area contributed by atoms with Crippen LogP contribution in [0.25, 0.3) is 0 Å². The van der Waals surface area contributed by atoms with E-state index >= 15 is 0 Å². The number of ether oxygens (including phenoxy) is 1. The molecule has 29 heavy (non-hydrogen) atoms. The first-order valence-corrected chi connectivity index (χ1v) is 10.8. The van der Waals surface area contributed by atoms with E-state index in [2.05, 4.69) is 5.32 Å². The van der Waals surface area contributed by atoms with Crippen LogP contribution >= 0.6 is 0 Å². The molecule has 3 rings (SSSR count). The highest BCUT2D eigenvalue weighted by Gasteiger charge is 2.41. The molecular weight excluding hydrogens is 392 g/mol. The third-order valence-electron chi connectivity index (χ3n) is 4.76. The lowest BCUT2D eigenvalue weighted by atomic mass is 9.97. The van der Waals surface area contributed by atoms with Crippen molar-refractivity contribution in [3.8, 4) is 5.75 Å². The Labute approximate surface area is 170 Å². The number of nitrogens with zero attached hydrogens (tertiary/aromatic N) is 1. The first kappa shape index (κ1) is 20.9. The molecule has 0 spiro atoms. The molecule has 0 bridgehead atoms. The Kier molecular flexibility index (Phi) is 5.93. The maximum atomic E-state index is 12.7. The number of rotatable bonds is 7. The van der Waals surface area contributed by atoms with E-state index in [1.165, 1.54) is 12.1 Å². The SMILES string of the molecule is COc1ccc([C@@H](CC(C)C)NC(=O)CN2C(=O)c3ccccc3S2(=O)=O)cc1. The second-order valence-corrected chi connectivity index (χ2v) is 9.17. The lowest BCUT2D eigenvalue weighted by Gasteiger charge is -2.23. The topological polar surface area (TPSA) is 92.8 Å². The summed E-state index contributed by atoms with van der Waals surface area (Å²) in [5, 5.41) is 2.88.